The first-order chi connectivity index (χ1) is 19.0. The molecule has 1 aromatic heterocycles. The number of halogens is 3. The molecule has 6 rings (SSSR count). The number of hydrogen-bond acceptors (Lipinski definition) is 5. The number of thiazole rings is 1. The summed E-state index contributed by atoms with van der Waals surface area (Å²) in [7, 11) is 1.45. The molecule has 1 aliphatic rings. The van der Waals surface area contributed by atoms with E-state index in [9.17, 15) is 4.39 Å². The van der Waals surface area contributed by atoms with Gasteiger partial charge in [-0.05, 0) is 47.0 Å². The van der Waals surface area contributed by atoms with E-state index in [4.69, 9.17) is 38.0 Å². The lowest BCUT2D eigenvalue weighted by Crippen LogP contribution is -2.18. The molecular formula is C31H22Cl2FN3OS. The zero-order chi connectivity index (χ0) is 26.9. The van der Waals surface area contributed by atoms with Crippen molar-refractivity contribution in [3.63, 3.8) is 0 Å². The van der Waals surface area contributed by atoms with Crippen LogP contribution >= 0.6 is 34.5 Å². The first-order valence-corrected chi connectivity index (χ1v) is 13.9. The Morgan fingerprint density at radius 3 is 2.31 bits per heavy atom. The molecule has 39 heavy (non-hydrogen) atoms. The minimum atomic E-state index is -0.437. The van der Waals surface area contributed by atoms with Crippen molar-refractivity contribution in [3.05, 3.63) is 123 Å². The van der Waals surface area contributed by atoms with Gasteiger partial charge in [0.1, 0.15) is 0 Å². The molecule has 0 amide bonds. The van der Waals surface area contributed by atoms with Gasteiger partial charge in [0.2, 0.25) is 5.13 Å². The lowest BCUT2D eigenvalue weighted by atomic mass is 9.98. The molecule has 0 spiro atoms. The molecule has 8 heteroatoms. The number of benzene rings is 4. The molecule has 4 nitrogen and oxygen atoms in total. The Labute approximate surface area is 239 Å². The highest BCUT2D eigenvalue weighted by atomic mass is 35.5. The first-order valence-electron chi connectivity index (χ1n) is 12.3. The number of ether oxygens (including phenoxy) is 1. The fourth-order valence-electron chi connectivity index (χ4n) is 4.69. The molecule has 2 heterocycles. The Morgan fingerprint density at radius 1 is 0.872 bits per heavy atom. The molecule has 0 fully saturated rings. The molecule has 194 valence electrons. The average Bonchev–Trinajstić information content (AvgIpc) is 3.62. The maximum Gasteiger partial charge on any atom is 0.207 e. The number of nitrogens with zero attached hydrogens (tertiary/aromatic N) is 3. The zero-order valence-corrected chi connectivity index (χ0v) is 23.1. The van der Waals surface area contributed by atoms with Gasteiger partial charge in [-0.3, -0.25) is 0 Å². The van der Waals surface area contributed by atoms with Crippen molar-refractivity contribution in [3.8, 4) is 28.1 Å². The summed E-state index contributed by atoms with van der Waals surface area (Å²) in [6, 6.07) is 28.7. The van der Waals surface area contributed by atoms with Crippen LogP contribution in [0.2, 0.25) is 10.0 Å². The molecule has 0 aliphatic carbocycles. The van der Waals surface area contributed by atoms with Gasteiger partial charge in [0.05, 0.1) is 24.6 Å². The summed E-state index contributed by atoms with van der Waals surface area (Å²) in [5, 5.41) is 10.6. The molecule has 4 aromatic carbocycles. The van der Waals surface area contributed by atoms with Crippen molar-refractivity contribution < 1.29 is 9.13 Å². The van der Waals surface area contributed by atoms with Gasteiger partial charge < -0.3 is 4.74 Å². The van der Waals surface area contributed by atoms with Crippen LogP contribution in [0.25, 0.3) is 22.4 Å². The molecule has 0 radical (unpaired) electrons. The Bertz CT molecular complexity index is 1670. The van der Waals surface area contributed by atoms with Crippen molar-refractivity contribution in [1.82, 2.24) is 4.98 Å². The molecule has 0 bridgehead atoms. The van der Waals surface area contributed by atoms with E-state index < -0.39 is 5.82 Å². The fourth-order valence-corrected chi connectivity index (χ4v) is 6.05. The summed E-state index contributed by atoms with van der Waals surface area (Å²) in [6.45, 7) is 0. The number of hydrazone groups is 1. The predicted octanol–water partition coefficient (Wildman–Crippen LogP) is 9.29. The Hall–Kier alpha value is -3.71. The van der Waals surface area contributed by atoms with Crippen molar-refractivity contribution in [2.75, 3.05) is 12.1 Å². The quantitative estimate of drug-likeness (QED) is 0.203. The molecule has 1 atom stereocenters. The molecule has 0 N–H and O–H groups in total. The van der Waals surface area contributed by atoms with Gasteiger partial charge in [0.25, 0.3) is 0 Å². The first kappa shape index (κ1) is 25.6. The summed E-state index contributed by atoms with van der Waals surface area (Å²) in [6.07, 6.45) is 0.522. The summed E-state index contributed by atoms with van der Waals surface area (Å²) >= 11 is 14.3. The highest BCUT2D eigenvalue weighted by molar-refractivity contribution is 7.14. The maximum atomic E-state index is 14.5. The maximum absolute atomic E-state index is 14.5. The van der Waals surface area contributed by atoms with E-state index in [-0.39, 0.29) is 11.8 Å². The third kappa shape index (κ3) is 5.15. The van der Waals surface area contributed by atoms with E-state index in [1.165, 1.54) is 30.1 Å². The van der Waals surface area contributed by atoms with E-state index in [1.807, 2.05) is 46.8 Å². The minimum absolute atomic E-state index is 0.189. The number of aromatic nitrogens is 1. The van der Waals surface area contributed by atoms with Crippen LogP contribution < -0.4 is 9.75 Å². The van der Waals surface area contributed by atoms with Gasteiger partial charge in [0.15, 0.2) is 11.6 Å². The highest BCUT2D eigenvalue weighted by Gasteiger charge is 2.33. The van der Waals surface area contributed by atoms with Crippen LogP contribution in [0.1, 0.15) is 23.6 Å². The lowest BCUT2D eigenvalue weighted by Gasteiger charge is -2.22. The summed E-state index contributed by atoms with van der Waals surface area (Å²) in [5.74, 6) is -0.248. The van der Waals surface area contributed by atoms with E-state index in [0.29, 0.717) is 22.0 Å². The average molecular weight is 575 g/mol. The molecule has 0 saturated carbocycles. The third-order valence-electron chi connectivity index (χ3n) is 6.69. The van der Waals surface area contributed by atoms with E-state index >= 15 is 0 Å². The zero-order valence-electron chi connectivity index (χ0n) is 20.8. The second kappa shape index (κ2) is 10.8. The predicted molar refractivity (Wildman–Crippen MR) is 159 cm³/mol. The van der Waals surface area contributed by atoms with Crippen LogP contribution in [-0.4, -0.2) is 17.8 Å². The minimum Gasteiger partial charge on any atom is -0.494 e. The van der Waals surface area contributed by atoms with Crippen molar-refractivity contribution in [2.24, 2.45) is 5.10 Å². The van der Waals surface area contributed by atoms with Crippen LogP contribution in [0.5, 0.6) is 5.75 Å². The monoisotopic (exact) mass is 573 g/mol. The number of methoxy groups -OCH3 is 1. The van der Waals surface area contributed by atoms with Gasteiger partial charge >= 0.3 is 0 Å². The summed E-state index contributed by atoms with van der Waals surface area (Å²) < 4.78 is 19.6. The molecule has 0 unspecified atom stereocenters. The number of hydrogen-bond donors (Lipinski definition) is 0. The van der Waals surface area contributed by atoms with Gasteiger partial charge in [-0.2, -0.15) is 5.10 Å². The van der Waals surface area contributed by atoms with Crippen LogP contribution in [0, 0.1) is 5.82 Å². The molecule has 0 saturated heterocycles. The van der Waals surface area contributed by atoms with Crippen LogP contribution in [0.4, 0.5) is 9.52 Å². The van der Waals surface area contributed by atoms with Crippen molar-refractivity contribution >= 4 is 45.4 Å². The Kier molecular flexibility index (Phi) is 7.09. The largest absolute Gasteiger partial charge is 0.494 e. The third-order valence-corrected chi connectivity index (χ3v) is 8.09. The standard InChI is InChI=1S/C31H22Cl2FN3OS/c1-38-30-14-11-22(15-26(30)34)27-17-29(24-13-12-23(32)16-25(24)33)37(36-27)31-35-28(18-39-31)21-9-7-20(8-10-21)19-5-3-2-4-6-19/h2-16,18,29H,17H2,1H3/t29-/m0/s1. The van der Waals surface area contributed by atoms with E-state index in [0.717, 1.165) is 33.2 Å². The highest BCUT2D eigenvalue weighted by Crippen LogP contribution is 2.42. The topological polar surface area (TPSA) is 37.7 Å². The van der Waals surface area contributed by atoms with E-state index in [1.54, 1.807) is 12.1 Å². The molecule has 1 aliphatic heterocycles. The van der Waals surface area contributed by atoms with Crippen molar-refractivity contribution in [1.29, 1.82) is 0 Å². The fraction of sp³-hybridized carbons (Fsp3) is 0.0968. The van der Waals surface area contributed by atoms with Gasteiger partial charge in [-0.15, -0.1) is 11.3 Å². The summed E-state index contributed by atoms with van der Waals surface area (Å²) in [4.78, 5) is 4.94. The van der Waals surface area contributed by atoms with Gasteiger partial charge in [0, 0.05) is 33.0 Å². The van der Waals surface area contributed by atoms with Gasteiger partial charge in [-0.1, -0.05) is 83.9 Å². The van der Waals surface area contributed by atoms with Gasteiger partial charge in [-0.25, -0.2) is 14.4 Å². The SMILES string of the molecule is COc1ccc(C2=NN(c3nc(-c4ccc(-c5ccccc5)cc4)cs3)[C@H](c3ccc(Cl)cc3Cl)C2)cc1F. The Morgan fingerprint density at radius 2 is 1.59 bits per heavy atom. The second-order valence-corrected chi connectivity index (χ2v) is 10.8. The number of anilines is 1. The van der Waals surface area contributed by atoms with Crippen LogP contribution in [-0.2, 0) is 0 Å². The van der Waals surface area contributed by atoms with Crippen molar-refractivity contribution in [2.45, 2.75) is 12.5 Å². The normalized spacial score (nSPS) is 14.9. The number of rotatable bonds is 6. The Balaban J connectivity index is 1.35. The lowest BCUT2D eigenvalue weighted by molar-refractivity contribution is 0.386. The second-order valence-electron chi connectivity index (χ2n) is 9.09. The van der Waals surface area contributed by atoms with Crippen LogP contribution in [0.15, 0.2) is 101 Å². The smallest absolute Gasteiger partial charge is 0.207 e. The molecule has 5 aromatic rings. The summed E-state index contributed by atoms with van der Waals surface area (Å²) in [5.41, 5.74) is 6.47. The van der Waals surface area contributed by atoms with Crippen LogP contribution in [0.3, 0.4) is 0 Å². The molecular weight excluding hydrogens is 552 g/mol. The van der Waals surface area contributed by atoms with E-state index in [2.05, 4.69) is 36.4 Å².